The molecule has 0 bridgehead atoms. The number of fused-ring (bicyclic) bond motifs is 1. The maximum atomic E-state index is 13.8. The Labute approximate surface area is 180 Å². The molecule has 0 unspecified atom stereocenters. The van der Waals surface area contributed by atoms with Crippen molar-refractivity contribution in [1.82, 2.24) is 14.3 Å². The first-order chi connectivity index (χ1) is 15.0. The highest BCUT2D eigenvalue weighted by molar-refractivity contribution is 6.23. The van der Waals surface area contributed by atoms with Crippen LogP contribution in [0.3, 0.4) is 0 Å². The molecule has 0 radical (unpaired) electrons. The molecule has 31 heavy (non-hydrogen) atoms. The van der Waals surface area contributed by atoms with Crippen LogP contribution >= 0.6 is 0 Å². The van der Waals surface area contributed by atoms with Gasteiger partial charge in [-0.15, -0.1) is 0 Å². The lowest BCUT2D eigenvalue weighted by atomic mass is 9.88. The fourth-order valence-electron chi connectivity index (χ4n) is 5.00. The number of hydrogen-bond acceptors (Lipinski definition) is 3. The molecule has 7 heteroatoms. The summed E-state index contributed by atoms with van der Waals surface area (Å²) in [7, 11) is 1.76. The molecule has 0 spiro atoms. The molecule has 0 N–H and O–H groups in total. The number of rotatable bonds is 4. The molecular formula is C24H24N4O3. The molecule has 3 heterocycles. The van der Waals surface area contributed by atoms with Gasteiger partial charge >= 0.3 is 6.03 Å². The van der Waals surface area contributed by atoms with E-state index in [1.165, 1.54) is 4.68 Å². The van der Waals surface area contributed by atoms with Crippen molar-refractivity contribution in [1.29, 1.82) is 0 Å². The zero-order valence-electron chi connectivity index (χ0n) is 17.6. The van der Waals surface area contributed by atoms with Crippen molar-refractivity contribution < 1.29 is 9.59 Å². The normalized spacial score (nSPS) is 20.6. The fourth-order valence-corrected chi connectivity index (χ4v) is 5.00. The number of aromatic nitrogens is 2. The van der Waals surface area contributed by atoms with Crippen molar-refractivity contribution in [3.63, 3.8) is 0 Å². The van der Waals surface area contributed by atoms with Gasteiger partial charge in [0.2, 0.25) is 0 Å². The number of nitrogens with zero attached hydrogens (tertiary/aromatic N) is 4. The predicted molar refractivity (Wildman–Crippen MR) is 117 cm³/mol. The molecule has 3 aromatic rings. The van der Waals surface area contributed by atoms with E-state index in [0.29, 0.717) is 30.8 Å². The molecule has 0 aliphatic carbocycles. The number of carbonyl (C=O) groups excluding carboxylic acids is 2. The van der Waals surface area contributed by atoms with Crippen LogP contribution < -0.4 is 10.5 Å². The Balaban J connectivity index is 1.62. The first kappa shape index (κ1) is 19.4. The van der Waals surface area contributed by atoms with E-state index in [2.05, 4.69) is 0 Å². The second-order valence-corrected chi connectivity index (χ2v) is 8.28. The van der Waals surface area contributed by atoms with Gasteiger partial charge in [-0.25, -0.2) is 14.4 Å². The lowest BCUT2D eigenvalue weighted by molar-refractivity contribution is -0.123. The Morgan fingerprint density at radius 1 is 0.935 bits per heavy atom. The number of anilines is 1. The average Bonchev–Trinajstić information content (AvgIpc) is 3.35. The molecule has 1 atom stereocenters. The predicted octanol–water partition coefficient (Wildman–Crippen LogP) is 3.03. The summed E-state index contributed by atoms with van der Waals surface area (Å²) < 4.78 is 3.19. The van der Waals surface area contributed by atoms with E-state index < -0.39 is 11.6 Å². The lowest BCUT2D eigenvalue weighted by Gasteiger charge is -2.28. The number of benzene rings is 2. The summed E-state index contributed by atoms with van der Waals surface area (Å²) in [5, 5.41) is 0. The van der Waals surface area contributed by atoms with E-state index in [9.17, 15) is 14.4 Å². The third kappa shape index (κ3) is 2.69. The second kappa shape index (κ2) is 6.97. The number of imide groups is 1. The molecule has 2 aliphatic rings. The highest BCUT2D eigenvalue weighted by atomic mass is 16.2. The third-order valence-electron chi connectivity index (χ3n) is 6.60. The Morgan fingerprint density at radius 3 is 2.26 bits per heavy atom. The number of amides is 3. The lowest BCUT2D eigenvalue weighted by Crippen LogP contribution is -2.47. The molecule has 2 saturated heterocycles. The van der Waals surface area contributed by atoms with Crippen LogP contribution in [-0.4, -0.2) is 38.3 Å². The van der Waals surface area contributed by atoms with E-state index in [1.807, 2.05) is 60.7 Å². The molecule has 3 amide bonds. The van der Waals surface area contributed by atoms with Gasteiger partial charge < -0.3 is 4.90 Å². The minimum Gasteiger partial charge on any atom is -0.309 e. The number of urea groups is 1. The molecule has 0 saturated carbocycles. The highest BCUT2D eigenvalue weighted by Gasteiger charge is 2.60. The number of hydrogen-bond donors (Lipinski definition) is 0. The third-order valence-corrected chi connectivity index (χ3v) is 6.60. The van der Waals surface area contributed by atoms with Crippen molar-refractivity contribution in [3.8, 4) is 5.69 Å². The topological polar surface area (TPSA) is 67.6 Å². The average molecular weight is 416 g/mol. The van der Waals surface area contributed by atoms with Crippen LogP contribution in [-0.2, 0) is 18.3 Å². The number of carbonyl (C=O) groups is 2. The molecule has 2 fully saturated rings. The van der Waals surface area contributed by atoms with Gasteiger partial charge in [-0.1, -0.05) is 48.5 Å². The second-order valence-electron chi connectivity index (χ2n) is 8.28. The highest BCUT2D eigenvalue weighted by Crippen LogP contribution is 2.42. The van der Waals surface area contributed by atoms with Gasteiger partial charge in [0.1, 0.15) is 11.2 Å². The van der Waals surface area contributed by atoms with Crippen LogP contribution in [0.2, 0.25) is 0 Å². The first-order valence-electron chi connectivity index (χ1n) is 10.5. The molecule has 2 aliphatic heterocycles. The van der Waals surface area contributed by atoms with E-state index in [0.717, 1.165) is 16.9 Å². The Hall–Kier alpha value is -3.61. The fraction of sp³-hybridized carbons (Fsp3) is 0.292. The summed E-state index contributed by atoms with van der Waals surface area (Å²) in [4.78, 5) is 43.5. The molecular weight excluding hydrogens is 392 g/mol. The molecule has 2 aromatic carbocycles. The van der Waals surface area contributed by atoms with Crippen molar-refractivity contribution in [2.75, 3.05) is 11.4 Å². The quantitative estimate of drug-likeness (QED) is 0.614. The van der Waals surface area contributed by atoms with Crippen LogP contribution in [0.5, 0.6) is 0 Å². The largest absolute Gasteiger partial charge is 0.332 e. The minimum absolute atomic E-state index is 0.142. The summed E-state index contributed by atoms with van der Waals surface area (Å²) in [6.45, 7) is 2.29. The van der Waals surface area contributed by atoms with Gasteiger partial charge in [-0.2, -0.15) is 0 Å². The van der Waals surface area contributed by atoms with Crippen molar-refractivity contribution in [3.05, 3.63) is 82.3 Å². The number of para-hydroxylation sites is 1. The monoisotopic (exact) mass is 416 g/mol. The molecule has 5 rings (SSSR count). The minimum atomic E-state index is -0.926. The van der Waals surface area contributed by atoms with E-state index in [-0.39, 0.29) is 17.2 Å². The summed E-state index contributed by atoms with van der Waals surface area (Å²) in [6, 6.07) is 18.6. The zero-order chi connectivity index (χ0) is 21.8. The summed E-state index contributed by atoms with van der Waals surface area (Å²) >= 11 is 0. The van der Waals surface area contributed by atoms with E-state index >= 15 is 0 Å². The van der Waals surface area contributed by atoms with Crippen LogP contribution in [0.15, 0.2) is 65.5 Å². The molecule has 1 aromatic heterocycles. The summed E-state index contributed by atoms with van der Waals surface area (Å²) in [5.74, 6) is -0.301. The van der Waals surface area contributed by atoms with Gasteiger partial charge in [-0.05, 0) is 37.5 Å². The van der Waals surface area contributed by atoms with Crippen LogP contribution in [0.1, 0.15) is 24.1 Å². The summed E-state index contributed by atoms with van der Waals surface area (Å²) in [6.07, 6.45) is 1.83. The summed E-state index contributed by atoms with van der Waals surface area (Å²) in [5.41, 5.74) is 1.11. The van der Waals surface area contributed by atoms with Gasteiger partial charge in [0.05, 0.1) is 11.4 Å². The maximum absolute atomic E-state index is 13.8. The standard InChI is InChI=1S/C24H24N4O3/c1-17-20(21(29)28(25(17)2)19-12-7-4-8-13-19)27-22(30)24(14-9-15-26(24)23(27)31)16-18-10-5-3-6-11-18/h3-8,10-13H,9,14-16H2,1-2H3/t24-/m1/s1. The first-order valence-corrected chi connectivity index (χ1v) is 10.5. The Kier molecular flexibility index (Phi) is 4.36. The van der Waals surface area contributed by atoms with Gasteiger partial charge in [-0.3, -0.25) is 14.3 Å². The zero-order valence-corrected chi connectivity index (χ0v) is 17.6. The smallest absolute Gasteiger partial charge is 0.309 e. The van der Waals surface area contributed by atoms with Crippen LogP contribution in [0.4, 0.5) is 10.5 Å². The SMILES string of the molecule is Cc1c(N2C(=O)N3CCC[C@@]3(Cc3ccccc3)C2=O)c(=O)n(-c2ccccc2)n1C. The van der Waals surface area contributed by atoms with Crippen molar-refractivity contribution in [2.45, 2.75) is 31.7 Å². The van der Waals surface area contributed by atoms with Crippen molar-refractivity contribution in [2.24, 2.45) is 7.05 Å². The Bertz CT molecular complexity index is 1230. The van der Waals surface area contributed by atoms with Gasteiger partial charge in [0.15, 0.2) is 0 Å². The van der Waals surface area contributed by atoms with Gasteiger partial charge in [0, 0.05) is 20.0 Å². The molecule has 158 valence electrons. The van der Waals surface area contributed by atoms with E-state index in [4.69, 9.17) is 0 Å². The van der Waals surface area contributed by atoms with Crippen LogP contribution in [0, 0.1) is 6.92 Å². The van der Waals surface area contributed by atoms with E-state index in [1.54, 1.807) is 23.6 Å². The van der Waals surface area contributed by atoms with Crippen LogP contribution in [0.25, 0.3) is 5.69 Å². The van der Waals surface area contributed by atoms with Gasteiger partial charge in [0.25, 0.3) is 11.5 Å². The van der Waals surface area contributed by atoms with Crippen molar-refractivity contribution >= 4 is 17.6 Å². The maximum Gasteiger partial charge on any atom is 0.332 e. The molecule has 7 nitrogen and oxygen atoms in total. The Morgan fingerprint density at radius 2 is 1.58 bits per heavy atom.